The Morgan fingerprint density at radius 1 is 0.211 bits per heavy atom. The van der Waals surface area contributed by atoms with Gasteiger partial charge in [-0.15, -0.1) is 34.0 Å². The molecule has 4 aromatic heterocycles. The van der Waals surface area contributed by atoms with Gasteiger partial charge in [-0.2, -0.15) is 0 Å². The molecule has 0 N–H and O–H groups in total. The molecule has 0 fully saturated rings. The smallest absolute Gasteiger partial charge is 0.0541 e. The highest BCUT2D eigenvalue weighted by atomic mass is 32.1. The number of thiophene rings is 3. The predicted octanol–water partition coefficient (Wildman–Crippen LogP) is 25.5. The van der Waals surface area contributed by atoms with E-state index in [1.165, 1.54) is 116 Å². The van der Waals surface area contributed by atoms with E-state index in [0.717, 1.165) is 50.9 Å². The van der Waals surface area contributed by atoms with Crippen LogP contribution in [0.1, 0.15) is 0 Å². The minimum absolute atomic E-state index is 1.09. The van der Waals surface area contributed by atoms with Crippen LogP contribution in [0.2, 0.25) is 0 Å². The Kier molecular flexibility index (Phi) is 12.5. The van der Waals surface area contributed by atoms with Gasteiger partial charge in [-0.1, -0.05) is 176 Å². The van der Waals surface area contributed by atoms with E-state index < -0.39 is 0 Å². The minimum Gasteiger partial charge on any atom is -0.311 e. The molecule has 0 amide bonds. The van der Waals surface area contributed by atoms with Crippen LogP contribution in [0, 0.1) is 0 Å². The number of fused-ring (bicyclic) bond motifs is 12. The first kappa shape index (κ1) is 52.3. The van der Waals surface area contributed by atoms with Gasteiger partial charge in [0.05, 0.1) is 11.0 Å². The molecule has 422 valence electrons. The second-order valence-electron chi connectivity index (χ2n) is 23.2. The summed E-state index contributed by atoms with van der Waals surface area (Å²) >= 11 is 5.64. The van der Waals surface area contributed by atoms with Crippen LogP contribution in [0.4, 0.5) is 34.1 Å². The summed E-state index contributed by atoms with van der Waals surface area (Å²) in [5.41, 5.74) is 19.7. The Balaban J connectivity index is 0.717. The van der Waals surface area contributed by atoms with Crippen LogP contribution >= 0.6 is 34.0 Å². The molecule has 0 saturated carbocycles. The van der Waals surface area contributed by atoms with Crippen LogP contribution in [-0.2, 0) is 0 Å². The molecule has 4 heterocycles. The molecular formula is C84H53N3S3. The van der Waals surface area contributed by atoms with E-state index in [-0.39, 0.29) is 0 Å². The van der Waals surface area contributed by atoms with Crippen LogP contribution in [0.5, 0.6) is 0 Å². The largest absolute Gasteiger partial charge is 0.311 e. The lowest BCUT2D eigenvalue weighted by Gasteiger charge is -2.26. The predicted molar refractivity (Wildman–Crippen MR) is 391 cm³/mol. The molecular weight excluding hydrogens is 1150 g/mol. The van der Waals surface area contributed by atoms with Crippen molar-refractivity contribution in [3.05, 3.63) is 322 Å². The molecule has 0 unspecified atom stereocenters. The summed E-state index contributed by atoms with van der Waals surface area (Å²) < 4.78 is 10.3. The fourth-order valence-corrected chi connectivity index (χ4v) is 17.3. The van der Waals surface area contributed by atoms with E-state index in [2.05, 4.69) is 336 Å². The highest BCUT2D eigenvalue weighted by molar-refractivity contribution is 7.27. The first-order valence-corrected chi connectivity index (χ1v) is 33.0. The molecule has 14 aromatic carbocycles. The number of nitrogens with zero attached hydrogens (tertiary/aromatic N) is 3. The molecule has 3 nitrogen and oxygen atoms in total. The lowest BCUT2D eigenvalue weighted by Crippen LogP contribution is -2.10. The Hall–Kier alpha value is -10.9. The third kappa shape index (κ3) is 8.82. The molecule has 18 aromatic rings. The van der Waals surface area contributed by atoms with Crippen LogP contribution in [0.3, 0.4) is 0 Å². The standard InChI is InChI=1S/C84H53N3S3/c1-4-20-60(21-5-1)85(61-22-6-2-7-23-61)63-43-37-55(38-44-63)59-50-71(83-75(51-59)69-29-12-16-33-80(69)89-83)57-39-45-78-73(48-57)67-27-10-14-31-77(67)87(78)65-26-18-19-56(47-65)54-35-41-64(42-36-54)86(62-24-8-3-9-25-62)66-52-72(84-76(53-66)70-30-13-17-34-81(70)90-84)58-40-46-82-74(49-58)68-28-11-15-32-79(68)88-82/h1-53H. The zero-order valence-corrected chi connectivity index (χ0v) is 51.1. The molecule has 0 aliphatic rings. The first-order chi connectivity index (χ1) is 44.6. The maximum atomic E-state index is 2.45. The van der Waals surface area contributed by atoms with Crippen molar-refractivity contribution in [2.24, 2.45) is 0 Å². The third-order valence-corrected chi connectivity index (χ3v) is 21.5. The topological polar surface area (TPSA) is 11.4 Å². The van der Waals surface area contributed by atoms with E-state index in [1.54, 1.807) is 0 Å². The van der Waals surface area contributed by atoms with Gasteiger partial charge < -0.3 is 14.4 Å². The van der Waals surface area contributed by atoms with Gasteiger partial charge in [-0.05, 0) is 179 Å². The van der Waals surface area contributed by atoms with Crippen molar-refractivity contribution in [1.29, 1.82) is 0 Å². The number of aromatic nitrogens is 1. The van der Waals surface area contributed by atoms with Crippen molar-refractivity contribution >= 4 is 150 Å². The van der Waals surface area contributed by atoms with Gasteiger partial charge in [-0.3, -0.25) is 0 Å². The van der Waals surface area contributed by atoms with Gasteiger partial charge in [0.1, 0.15) is 0 Å². The van der Waals surface area contributed by atoms with E-state index >= 15 is 0 Å². The molecule has 0 atom stereocenters. The molecule has 0 bridgehead atoms. The maximum Gasteiger partial charge on any atom is 0.0541 e. The zero-order valence-electron chi connectivity index (χ0n) is 48.7. The summed E-state index contributed by atoms with van der Waals surface area (Å²) in [7, 11) is 0. The quantitative estimate of drug-likeness (QED) is 0.128. The fraction of sp³-hybridized carbons (Fsp3) is 0. The molecule has 18 rings (SSSR count). The molecule has 0 saturated heterocycles. The fourth-order valence-electron chi connectivity index (χ4n) is 13.7. The Morgan fingerprint density at radius 3 is 1.24 bits per heavy atom. The van der Waals surface area contributed by atoms with Gasteiger partial charge in [0.25, 0.3) is 0 Å². The zero-order chi connectivity index (χ0) is 59.2. The summed E-state index contributed by atoms with van der Waals surface area (Å²) in [6, 6.07) is 119. The van der Waals surface area contributed by atoms with Crippen molar-refractivity contribution < 1.29 is 0 Å². The Labute approximate surface area is 532 Å². The highest BCUT2D eigenvalue weighted by Crippen LogP contribution is 2.49. The van der Waals surface area contributed by atoms with Crippen LogP contribution < -0.4 is 9.80 Å². The number of anilines is 6. The van der Waals surface area contributed by atoms with E-state index in [0.29, 0.717) is 0 Å². The molecule has 0 aliphatic carbocycles. The van der Waals surface area contributed by atoms with Crippen molar-refractivity contribution in [1.82, 2.24) is 4.57 Å². The number of hydrogen-bond acceptors (Lipinski definition) is 5. The van der Waals surface area contributed by atoms with E-state index in [9.17, 15) is 0 Å². The normalized spacial score (nSPS) is 11.8. The van der Waals surface area contributed by atoms with E-state index in [4.69, 9.17) is 0 Å². The summed E-state index contributed by atoms with van der Waals surface area (Å²) in [5, 5.41) is 10.2. The summed E-state index contributed by atoms with van der Waals surface area (Å²) in [6.45, 7) is 0. The summed E-state index contributed by atoms with van der Waals surface area (Å²) in [6.07, 6.45) is 0. The second kappa shape index (κ2) is 21.5. The summed E-state index contributed by atoms with van der Waals surface area (Å²) in [5.74, 6) is 0. The van der Waals surface area contributed by atoms with Gasteiger partial charge in [-0.25, -0.2) is 0 Å². The SMILES string of the molecule is c1ccc(N(c2ccccc2)c2ccc(-c3cc(-c4ccc5c(c4)c4ccccc4n5-c4cccc(-c5ccc(N(c6ccccc6)c6cc(-c7ccc8sc9ccccc9c8c7)c7sc8ccccc8c7c6)cc5)c4)c4sc5ccccc5c4c3)cc2)cc1. The van der Waals surface area contributed by atoms with Crippen LogP contribution in [0.15, 0.2) is 322 Å². The number of benzene rings is 14. The van der Waals surface area contributed by atoms with Gasteiger partial charge in [0, 0.05) is 122 Å². The summed E-state index contributed by atoms with van der Waals surface area (Å²) in [4.78, 5) is 4.74. The van der Waals surface area contributed by atoms with Gasteiger partial charge in [0.2, 0.25) is 0 Å². The average Bonchev–Trinajstić information content (AvgIpc) is 1.60. The van der Waals surface area contributed by atoms with Crippen LogP contribution in [-0.4, -0.2) is 4.57 Å². The van der Waals surface area contributed by atoms with Crippen molar-refractivity contribution in [2.75, 3.05) is 9.80 Å². The van der Waals surface area contributed by atoms with Gasteiger partial charge in [0.15, 0.2) is 0 Å². The number of rotatable bonds is 11. The van der Waals surface area contributed by atoms with E-state index in [1.807, 2.05) is 34.0 Å². The number of hydrogen-bond donors (Lipinski definition) is 0. The highest BCUT2D eigenvalue weighted by Gasteiger charge is 2.22. The third-order valence-electron chi connectivity index (χ3n) is 17.9. The van der Waals surface area contributed by atoms with Crippen molar-refractivity contribution in [3.63, 3.8) is 0 Å². The molecule has 0 aliphatic heterocycles. The van der Waals surface area contributed by atoms with Crippen molar-refractivity contribution in [2.45, 2.75) is 0 Å². The van der Waals surface area contributed by atoms with Gasteiger partial charge >= 0.3 is 0 Å². The lowest BCUT2D eigenvalue weighted by molar-refractivity contribution is 1.18. The monoisotopic (exact) mass is 1200 g/mol. The molecule has 0 radical (unpaired) electrons. The molecule has 6 heteroatoms. The van der Waals surface area contributed by atoms with Crippen LogP contribution in [0.25, 0.3) is 133 Å². The lowest BCUT2D eigenvalue weighted by atomic mass is 9.95. The molecule has 0 spiro atoms. The molecule has 90 heavy (non-hydrogen) atoms. The second-order valence-corrected chi connectivity index (χ2v) is 26.4. The Morgan fingerprint density at radius 2 is 0.633 bits per heavy atom. The van der Waals surface area contributed by atoms with Crippen molar-refractivity contribution in [3.8, 4) is 50.2 Å². The maximum absolute atomic E-state index is 2.45. The Bertz CT molecular complexity index is 5740. The minimum atomic E-state index is 1.09. The number of para-hydroxylation sites is 4. The first-order valence-electron chi connectivity index (χ1n) is 30.5. The average molecular weight is 1200 g/mol.